The molecule has 2 unspecified atom stereocenters. The lowest BCUT2D eigenvalue weighted by atomic mass is 10.1. The van der Waals surface area contributed by atoms with Crippen LogP contribution < -0.4 is 5.32 Å². The molecule has 1 saturated heterocycles. The molecule has 1 aromatic rings. The number of hydrogen-bond donors (Lipinski definition) is 1. The molecule has 1 fully saturated rings. The van der Waals surface area contributed by atoms with Crippen LogP contribution in [0.1, 0.15) is 30.7 Å². The highest BCUT2D eigenvalue weighted by molar-refractivity contribution is 7.10. The summed E-state index contributed by atoms with van der Waals surface area (Å²) in [6, 6.07) is 1.29. The summed E-state index contributed by atoms with van der Waals surface area (Å²) < 4.78 is 0. The Morgan fingerprint density at radius 2 is 2.17 bits per heavy atom. The third kappa shape index (κ3) is 2.27. The molecule has 2 amide bonds. The minimum absolute atomic E-state index is 0.00856. The van der Waals surface area contributed by atoms with Gasteiger partial charge in [0.2, 0.25) is 11.8 Å². The Hall–Kier alpha value is -1.36. The second-order valence-electron chi connectivity index (χ2n) is 4.65. The minimum Gasteiger partial charge on any atom is -0.343 e. The van der Waals surface area contributed by atoms with E-state index in [1.807, 2.05) is 25.3 Å². The van der Waals surface area contributed by atoms with Crippen LogP contribution >= 0.6 is 11.3 Å². The van der Waals surface area contributed by atoms with Crippen LogP contribution in [0.5, 0.6) is 0 Å². The molecule has 0 bridgehead atoms. The van der Waals surface area contributed by atoms with E-state index in [4.69, 9.17) is 0 Å². The number of nitrogens with one attached hydrogen (secondary N) is 1. The number of carbonyl (C=O) groups excluding carboxylic acids is 2. The third-order valence-corrected chi connectivity index (χ3v) is 4.37. The second kappa shape index (κ2) is 5.10. The molecule has 2 rings (SSSR count). The largest absolute Gasteiger partial charge is 0.343 e. The van der Waals surface area contributed by atoms with E-state index >= 15 is 0 Å². The maximum absolute atomic E-state index is 12.2. The van der Waals surface area contributed by atoms with Gasteiger partial charge >= 0.3 is 0 Å². The van der Waals surface area contributed by atoms with Crippen LogP contribution in [0.4, 0.5) is 0 Å². The van der Waals surface area contributed by atoms with Gasteiger partial charge in [-0.1, -0.05) is 6.92 Å². The Bertz CT molecular complexity index is 469. The summed E-state index contributed by atoms with van der Waals surface area (Å²) in [5, 5.41) is 4.74. The predicted octanol–water partition coefficient (Wildman–Crippen LogP) is 1.68. The van der Waals surface area contributed by atoms with Crippen molar-refractivity contribution in [3.63, 3.8) is 0 Å². The highest BCUT2D eigenvalue weighted by atomic mass is 32.1. The second-order valence-corrected chi connectivity index (χ2v) is 5.65. The summed E-state index contributed by atoms with van der Waals surface area (Å²) >= 11 is 1.63. The maximum Gasteiger partial charge on any atom is 0.245 e. The molecule has 2 atom stereocenters. The Kier molecular flexibility index (Phi) is 3.71. The lowest BCUT2D eigenvalue weighted by Gasteiger charge is -2.37. The molecular formula is C13H18N2O2S. The summed E-state index contributed by atoms with van der Waals surface area (Å²) in [5.74, 6) is -0.0342. The van der Waals surface area contributed by atoms with Gasteiger partial charge in [0.15, 0.2) is 0 Å². The fraction of sp³-hybridized carbons (Fsp3) is 0.538. The van der Waals surface area contributed by atoms with Crippen LogP contribution in [0.3, 0.4) is 0 Å². The zero-order valence-electron chi connectivity index (χ0n) is 10.9. The summed E-state index contributed by atoms with van der Waals surface area (Å²) in [5.41, 5.74) is 1.18. The van der Waals surface area contributed by atoms with Gasteiger partial charge in [0.1, 0.15) is 12.1 Å². The molecule has 1 aliphatic rings. The first-order chi connectivity index (χ1) is 8.54. The third-order valence-electron chi connectivity index (χ3n) is 3.36. The summed E-state index contributed by atoms with van der Waals surface area (Å²) in [6.07, 6.45) is 0.648. The van der Waals surface area contributed by atoms with Gasteiger partial charge in [0, 0.05) is 4.88 Å². The van der Waals surface area contributed by atoms with Gasteiger partial charge in [-0.3, -0.25) is 9.59 Å². The van der Waals surface area contributed by atoms with Crippen molar-refractivity contribution in [1.29, 1.82) is 0 Å². The highest BCUT2D eigenvalue weighted by Crippen LogP contribution is 2.22. The average molecular weight is 266 g/mol. The highest BCUT2D eigenvalue weighted by Gasteiger charge is 2.37. The van der Waals surface area contributed by atoms with E-state index in [0.717, 1.165) is 4.88 Å². The molecule has 0 aromatic carbocycles. The summed E-state index contributed by atoms with van der Waals surface area (Å²) in [7, 11) is 0. The van der Waals surface area contributed by atoms with Crippen molar-refractivity contribution < 1.29 is 9.59 Å². The van der Waals surface area contributed by atoms with Crippen LogP contribution in [0.2, 0.25) is 0 Å². The minimum atomic E-state index is -0.416. The van der Waals surface area contributed by atoms with Crippen molar-refractivity contribution in [1.82, 2.24) is 10.2 Å². The smallest absolute Gasteiger partial charge is 0.245 e. The molecule has 0 spiro atoms. The SMILES string of the molecule is CCC1C(=O)NC(C)C(=O)N1Cc1sccc1C. The average Bonchev–Trinajstić information content (AvgIpc) is 2.72. The molecular weight excluding hydrogens is 248 g/mol. The van der Waals surface area contributed by atoms with E-state index in [0.29, 0.717) is 13.0 Å². The van der Waals surface area contributed by atoms with Crippen LogP contribution in [0.15, 0.2) is 11.4 Å². The Morgan fingerprint density at radius 1 is 1.44 bits per heavy atom. The molecule has 0 radical (unpaired) electrons. The number of piperazine rings is 1. The van der Waals surface area contributed by atoms with Crippen molar-refractivity contribution in [2.24, 2.45) is 0 Å². The molecule has 0 aliphatic carbocycles. The lowest BCUT2D eigenvalue weighted by molar-refractivity contribution is -0.149. The number of amides is 2. The number of hydrogen-bond acceptors (Lipinski definition) is 3. The van der Waals surface area contributed by atoms with Crippen LogP contribution in [0.25, 0.3) is 0 Å². The van der Waals surface area contributed by atoms with E-state index < -0.39 is 6.04 Å². The molecule has 2 heterocycles. The monoisotopic (exact) mass is 266 g/mol. The zero-order chi connectivity index (χ0) is 13.3. The molecule has 98 valence electrons. The van der Waals surface area contributed by atoms with Crippen LogP contribution in [-0.2, 0) is 16.1 Å². The first kappa shape index (κ1) is 13.1. The van der Waals surface area contributed by atoms with Gasteiger partial charge in [-0.2, -0.15) is 0 Å². The van der Waals surface area contributed by atoms with Crippen molar-refractivity contribution >= 4 is 23.2 Å². The normalized spacial score (nSPS) is 24.3. The van der Waals surface area contributed by atoms with E-state index in [-0.39, 0.29) is 17.9 Å². The first-order valence-corrected chi connectivity index (χ1v) is 7.06. The van der Waals surface area contributed by atoms with E-state index in [1.54, 1.807) is 23.2 Å². The summed E-state index contributed by atoms with van der Waals surface area (Å²) in [6.45, 7) is 6.24. The number of rotatable bonds is 3. The van der Waals surface area contributed by atoms with E-state index in [9.17, 15) is 9.59 Å². The fourth-order valence-corrected chi connectivity index (χ4v) is 3.13. The van der Waals surface area contributed by atoms with Crippen molar-refractivity contribution in [2.45, 2.75) is 45.8 Å². The van der Waals surface area contributed by atoms with Crippen LogP contribution in [-0.4, -0.2) is 28.8 Å². The fourth-order valence-electron chi connectivity index (χ4n) is 2.23. The van der Waals surface area contributed by atoms with E-state index in [2.05, 4.69) is 5.32 Å². The number of nitrogens with zero attached hydrogens (tertiary/aromatic N) is 1. The molecule has 0 saturated carbocycles. The number of aryl methyl sites for hydroxylation is 1. The van der Waals surface area contributed by atoms with Gasteiger partial charge in [0.05, 0.1) is 6.54 Å². The van der Waals surface area contributed by atoms with Gasteiger partial charge in [-0.15, -0.1) is 11.3 Å². The predicted molar refractivity (Wildman–Crippen MR) is 71.3 cm³/mol. The van der Waals surface area contributed by atoms with Gasteiger partial charge in [-0.25, -0.2) is 0 Å². The van der Waals surface area contributed by atoms with Crippen LogP contribution in [0, 0.1) is 6.92 Å². The number of carbonyl (C=O) groups is 2. The van der Waals surface area contributed by atoms with Gasteiger partial charge in [0.25, 0.3) is 0 Å². The molecule has 1 aromatic heterocycles. The Balaban J connectivity index is 2.24. The standard InChI is InChI=1S/C13H18N2O2S/c1-4-10-12(16)14-9(3)13(17)15(10)7-11-8(2)5-6-18-11/h5-6,9-10H,4,7H2,1-3H3,(H,14,16). The Morgan fingerprint density at radius 3 is 2.72 bits per heavy atom. The molecule has 5 heteroatoms. The molecule has 18 heavy (non-hydrogen) atoms. The topological polar surface area (TPSA) is 49.4 Å². The van der Waals surface area contributed by atoms with Crippen molar-refractivity contribution in [2.75, 3.05) is 0 Å². The number of thiophene rings is 1. The molecule has 1 N–H and O–H groups in total. The Labute approximate surface area is 111 Å². The molecule has 4 nitrogen and oxygen atoms in total. The van der Waals surface area contributed by atoms with Crippen molar-refractivity contribution in [3.8, 4) is 0 Å². The quantitative estimate of drug-likeness (QED) is 0.905. The summed E-state index contributed by atoms with van der Waals surface area (Å²) in [4.78, 5) is 27.0. The lowest BCUT2D eigenvalue weighted by Crippen LogP contribution is -2.61. The van der Waals surface area contributed by atoms with Gasteiger partial charge in [-0.05, 0) is 37.3 Å². The maximum atomic E-state index is 12.2. The zero-order valence-corrected chi connectivity index (χ0v) is 11.7. The molecule has 1 aliphatic heterocycles. The first-order valence-electron chi connectivity index (χ1n) is 6.18. The van der Waals surface area contributed by atoms with Gasteiger partial charge < -0.3 is 10.2 Å². The van der Waals surface area contributed by atoms with Crippen molar-refractivity contribution in [3.05, 3.63) is 21.9 Å². The van der Waals surface area contributed by atoms with E-state index in [1.165, 1.54) is 5.56 Å².